The Labute approximate surface area is 65.4 Å². The van der Waals surface area contributed by atoms with E-state index < -0.39 is 30.5 Å². The molecule has 3 unspecified atom stereocenters. The zero-order valence-electron chi connectivity index (χ0n) is 6.64. The maximum absolute atomic E-state index is 9.21. The fourth-order valence-electron chi connectivity index (χ4n) is 1.26. The highest BCUT2D eigenvalue weighted by atomic mass is 16.5. The molecule has 66 valence electrons. The lowest BCUT2D eigenvalue weighted by molar-refractivity contribution is -0.211. The molecule has 0 aromatic carbocycles. The number of hydrogen-bond donors (Lipinski definition) is 3. The molecule has 1 aliphatic rings. The highest BCUT2D eigenvalue weighted by molar-refractivity contribution is 4.88. The highest BCUT2D eigenvalue weighted by Crippen LogP contribution is 2.19. The molecule has 0 bridgehead atoms. The monoisotopic (exact) mass is 162 g/mol. The molecule has 1 saturated heterocycles. The number of hydrogen-bond acceptors (Lipinski definition) is 4. The molecular formula is C7H14O4. The van der Waals surface area contributed by atoms with E-state index in [0.29, 0.717) is 0 Å². The topological polar surface area (TPSA) is 69.9 Å². The smallest absolute Gasteiger partial charge is 0.111 e. The van der Waals surface area contributed by atoms with Crippen molar-refractivity contribution in [2.24, 2.45) is 0 Å². The molecule has 4 nitrogen and oxygen atoms in total. The first-order valence-electron chi connectivity index (χ1n) is 3.73. The van der Waals surface area contributed by atoms with Gasteiger partial charge in [-0.05, 0) is 13.8 Å². The van der Waals surface area contributed by atoms with Crippen molar-refractivity contribution in [3.05, 3.63) is 0 Å². The first kappa shape index (κ1) is 8.93. The summed E-state index contributed by atoms with van der Waals surface area (Å²) < 4.78 is 5.12. The van der Waals surface area contributed by atoms with Gasteiger partial charge in [-0.1, -0.05) is 0 Å². The Morgan fingerprint density at radius 3 is 1.55 bits per heavy atom. The Morgan fingerprint density at radius 1 is 0.818 bits per heavy atom. The normalized spacial score (nSPS) is 52.6. The molecule has 3 N–H and O–H groups in total. The zero-order chi connectivity index (χ0) is 8.59. The zero-order valence-corrected chi connectivity index (χ0v) is 6.64. The van der Waals surface area contributed by atoms with Gasteiger partial charge in [-0.15, -0.1) is 0 Å². The molecular weight excluding hydrogens is 148 g/mol. The molecule has 11 heavy (non-hydrogen) atoms. The van der Waals surface area contributed by atoms with Crippen LogP contribution in [0.2, 0.25) is 0 Å². The van der Waals surface area contributed by atoms with Gasteiger partial charge in [0.05, 0.1) is 12.2 Å². The summed E-state index contributed by atoms with van der Waals surface area (Å²) in [7, 11) is 0. The minimum absolute atomic E-state index is 0.414. The van der Waals surface area contributed by atoms with Gasteiger partial charge in [0, 0.05) is 0 Å². The molecule has 0 radical (unpaired) electrons. The first-order chi connectivity index (χ1) is 5.04. The third-order valence-corrected chi connectivity index (χ3v) is 2.09. The van der Waals surface area contributed by atoms with E-state index in [0.717, 1.165) is 0 Å². The SMILES string of the molecule is CC1O[C@@H](C)[C@H](O)C(O)C1O. The van der Waals surface area contributed by atoms with Crippen LogP contribution >= 0.6 is 0 Å². The predicted octanol–water partition coefficient (Wildman–Crippen LogP) is -1.12. The summed E-state index contributed by atoms with van der Waals surface area (Å²) in [4.78, 5) is 0. The number of aliphatic hydroxyl groups is 3. The third-order valence-electron chi connectivity index (χ3n) is 2.09. The van der Waals surface area contributed by atoms with Crippen LogP contribution in [-0.2, 0) is 4.74 Å². The summed E-state index contributed by atoms with van der Waals surface area (Å²) in [6, 6.07) is 0. The van der Waals surface area contributed by atoms with Gasteiger partial charge in [0.2, 0.25) is 0 Å². The maximum Gasteiger partial charge on any atom is 0.111 e. The fourth-order valence-corrected chi connectivity index (χ4v) is 1.26. The molecule has 4 heteroatoms. The maximum atomic E-state index is 9.21. The van der Waals surface area contributed by atoms with Crippen molar-refractivity contribution in [1.29, 1.82) is 0 Å². The minimum Gasteiger partial charge on any atom is -0.388 e. The average molecular weight is 162 g/mol. The Balaban J connectivity index is 2.63. The van der Waals surface area contributed by atoms with Crippen LogP contribution in [0.5, 0.6) is 0 Å². The summed E-state index contributed by atoms with van der Waals surface area (Å²) in [6.07, 6.45) is -3.89. The van der Waals surface area contributed by atoms with E-state index in [1.807, 2.05) is 0 Å². The van der Waals surface area contributed by atoms with Gasteiger partial charge in [-0.25, -0.2) is 0 Å². The van der Waals surface area contributed by atoms with Crippen molar-refractivity contribution in [3.63, 3.8) is 0 Å². The molecule has 0 spiro atoms. The second-order valence-corrected chi connectivity index (χ2v) is 3.02. The van der Waals surface area contributed by atoms with E-state index in [1.165, 1.54) is 0 Å². The van der Waals surface area contributed by atoms with Gasteiger partial charge in [-0.3, -0.25) is 0 Å². The largest absolute Gasteiger partial charge is 0.388 e. The van der Waals surface area contributed by atoms with Crippen LogP contribution in [-0.4, -0.2) is 45.8 Å². The van der Waals surface area contributed by atoms with E-state index in [1.54, 1.807) is 13.8 Å². The summed E-state index contributed by atoms with van der Waals surface area (Å²) in [5.74, 6) is 0. The van der Waals surface area contributed by atoms with E-state index in [9.17, 15) is 15.3 Å². The van der Waals surface area contributed by atoms with Gasteiger partial charge in [0.1, 0.15) is 18.3 Å². The van der Waals surface area contributed by atoms with Crippen molar-refractivity contribution in [1.82, 2.24) is 0 Å². The first-order valence-corrected chi connectivity index (χ1v) is 3.73. The molecule has 1 heterocycles. The Hall–Kier alpha value is -0.160. The molecule has 0 amide bonds. The third kappa shape index (κ3) is 1.54. The highest BCUT2D eigenvalue weighted by Gasteiger charge is 2.39. The van der Waals surface area contributed by atoms with E-state index in [2.05, 4.69) is 0 Å². The van der Waals surface area contributed by atoms with Crippen molar-refractivity contribution < 1.29 is 20.1 Å². The lowest BCUT2D eigenvalue weighted by Gasteiger charge is -2.37. The van der Waals surface area contributed by atoms with Gasteiger partial charge in [0.15, 0.2) is 0 Å². The van der Waals surface area contributed by atoms with Crippen LogP contribution in [0.3, 0.4) is 0 Å². The second-order valence-electron chi connectivity index (χ2n) is 3.02. The summed E-state index contributed by atoms with van der Waals surface area (Å²) in [5.41, 5.74) is 0. The van der Waals surface area contributed by atoms with Crippen molar-refractivity contribution in [2.75, 3.05) is 0 Å². The van der Waals surface area contributed by atoms with Crippen LogP contribution < -0.4 is 0 Å². The summed E-state index contributed by atoms with van der Waals surface area (Å²) >= 11 is 0. The Kier molecular flexibility index (Phi) is 2.49. The van der Waals surface area contributed by atoms with Gasteiger partial charge in [0.25, 0.3) is 0 Å². The fraction of sp³-hybridized carbons (Fsp3) is 1.00. The van der Waals surface area contributed by atoms with E-state index >= 15 is 0 Å². The van der Waals surface area contributed by atoms with Crippen LogP contribution in [0.15, 0.2) is 0 Å². The molecule has 5 atom stereocenters. The van der Waals surface area contributed by atoms with Crippen LogP contribution in [0.25, 0.3) is 0 Å². The molecule has 1 rings (SSSR count). The van der Waals surface area contributed by atoms with Crippen LogP contribution in [0.1, 0.15) is 13.8 Å². The lowest BCUT2D eigenvalue weighted by Crippen LogP contribution is -2.55. The molecule has 1 aliphatic heterocycles. The Morgan fingerprint density at radius 2 is 1.18 bits per heavy atom. The summed E-state index contributed by atoms with van der Waals surface area (Å²) in [6.45, 7) is 3.33. The van der Waals surface area contributed by atoms with Gasteiger partial charge >= 0.3 is 0 Å². The van der Waals surface area contributed by atoms with Crippen molar-refractivity contribution in [2.45, 2.75) is 44.4 Å². The minimum atomic E-state index is -1.09. The molecule has 1 fully saturated rings. The number of rotatable bonds is 0. The predicted molar refractivity (Wildman–Crippen MR) is 38.0 cm³/mol. The standard InChI is InChI=1S/C7H14O4/c1-3-5(8)7(10)6(9)4(2)11-3/h3-10H,1-2H3/t3-,4?,5-,6?,7?/m0/s1. The Bertz CT molecular complexity index is 124. The average Bonchev–Trinajstić information content (AvgIpc) is 1.97. The van der Waals surface area contributed by atoms with E-state index in [-0.39, 0.29) is 0 Å². The van der Waals surface area contributed by atoms with Crippen LogP contribution in [0.4, 0.5) is 0 Å². The van der Waals surface area contributed by atoms with Crippen molar-refractivity contribution >= 4 is 0 Å². The molecule has 0 aliphatic carbocycles. The lowest BCUT2D eigenvalue weighted by atomic mass is 9.97. The van der Waals surface area contributed by atoms with Crippen LogP contribution in [0, 0.1) is 0 Å². The second kappa shape index (κ2) is 3.06. The number of aliphatic hydroxyl groups excluding tert-OH is 3. The van der Waals surface area contributed by atoms with Crippen molar-refractivity contribution in [3.8, 4) is 0 Å². The van der Waals surface area contributed by atoms with Gasteiger partial charge in [-0.2, -0.15) is 0 Å². The molecule has 0 saturated carbocycles. The molecule has 0 aromatic heterocycles. The van der Waals surface area contributed by atoms with Gasteiger partial charge < -0.3 is 20.1 Å². The summed E-state index contributed by atoms with van der Waals surface area (Å²) in [5, 5.41) is 27.6. The number of ether oxygens (including phenoxy) is 1. The van der Waals surface area contributed by atoms with E-state index in [4.69, 9.17) is 4.74 Å². The molecule has 0 aromatic rings. The quantitative estimate of drug-likeness (QED) is 0.422.